The highest BCUT2D eigenvalue weighted by molar-refractivity contribution is 5.51. The highest BCUT2D eigenvalue weighted by atomic mass is 16.5. The van der Waals surface area contributed by atoms with Gasteiger partial charge in [0, 0.05) is 24.8 Å². The van der Waals surface area contributed by atoms with E-state index in [2.05, 4.69) is 11.8 Å². The van der Waals surface area contributed by atoms with Gasteiger partial charge < -0.3 is 19.9 Å². The van der Waals surface area contributed by atoms with Crippen molar-refractivity contribution in [2.24, 2.45) is 0 Å². The van der Waals surface area contributed by atoms with Gasteiger partial charge in [0.25, 0.3) is 0 Å². The van der Waals surface area contributed by atoms with E-state index in [0.29, 0.717) is 23.8 Å². The highest BCUT2D eigenvalue weighted by Gasteiger charge is 2.20. The average molecular weight is 266 g/mol. The van der Waals surface area contributed by atoms with Gasteiger partial charge in [-0.2, -0.15) is 0 Å². The highest BCUT2D eigenvalue weighted by Crippen LogP contribution is 2.29. The Morgan fingerprint density at radius 2 is 2.26 bits per heavy atom. The van der Waals surface area contributed by atoms with Crippen LogP contribution in [0.3, 0.4) is 0 Å². The molecule has 2 rings (SSSR count). The van der Waals surface area contributed by atoms with Crippen LogP contribution in [0.25, 0.3) is 0 Å². The maximum atomic E-state index is 5.78. The predicted octanol–water partition coefficient (Wildman–Crippen LogP) is 1.38. The maximum Gasteiger partial charge on any atom is 0.163 e. The number of morpholine rings is 1. The van der Waals surface area contributed by atoms with Crippen LogP contribution in [0, 0.1) is 0 Å². The zero-order valence-electron chi connectivity index (χ0n) is 11.6. The van der Waals surface area contributed by atoms with E-state index < -0.39 is 0 Å². The van der Waals surface area contributed by atoms with Crippen molar-refractivity contribution in [1.82, 2.24) is 4.90 Å². The summed E-state index contributed by atoms with van der Waals surface area (Å²) in [7, 11) is 1.62. The van der Waals surface area contributed by atoms with E-state index in [-0.39, 0.29) is 6.10 Å². The van der Waals surface area contributed by atoms with Crippen molar-refractivity contribution in [2.75, 3.05) is 45.7 Å². The van der Waals surface area contributed by atoms with Gasteiger partial charge in [-0.3, -0.25) is 4.90 Å². The first-order valence-corrected chi connectivity index (χ1v) is 6.63. The summed E-state index contributed by atoms with van der Waals surface area (Å²) in [6.45, 7) is 6.37. The molecule has 5 heteroatoms. The Hall–Kier alpha value is -1.46. The monoisotopic (exact) mass is 266 g/mol. The minimum atomic E-state index is 0.0971. The molecule has 0 spiro atoms. The number of hydrogen-bond acceptors (Lipinski definition) is 5. The fraction of sp³-hybridized carbons (Fsp3) is 0.571. The van der Waals surface area contributed by atoms with E-state index in [1.165, 1.54) is 0 Å². The number of nitrogens with zero attached hydrogens (tertiary/aromatic N) is 1. The van der Waals surface area contributed by atoms with Gasteiger partial charge in [-0.15, -0.1) is 0 Å². The lowest BCUT2D eigenvalue weighted by atomic mass is 10.2. The lowest BCUT2D eigenvalue weighted by Crippen LogP contribution is -2.44. The zero-order chi connectivity index (χ0) is 13.7. The van der Waals surface area contributed by atoms with Crippen LogP contribution in [-0.2, 0) is 4.74 Å². The van der Waals surface area contributed by atoms with Gasteiger partial charge in [0.15, 0.2) is 11.5 Å². The Morgan fingerprint density at radius 3 is 3.00 bits per heavy atom. The molecule has 0 saturated carbocycles. The minimum Gasteiger partial charge on any atom is -0.493 e. The second kappa shape index (κ2) is 6.63. The van der Waals surface area contributed by atoms with E-state index in [4.69, 9.17) is 19.9 Å². The van der Waals surface area contributed by atoms with Crippen molar-refractivity contribution in [3.8, 4) is 11.5 Å². The second-order valence-corrected chi connectivity index (χ2v) is 4.61. The topological polar surface area (TPSA) is 57.0 Å². The second-order valence-electron chi connectivity index (χ2n) is 4.61. The predicted molar refractivity (Wildman–Crippen MR) is 74.8 cm³/mol. The van der Waals surface area contributed by atoms with Gasteiger partial charge >= 0.3 is 0 Å². The third kappa shape index (κ3) is 3.75. The van der Waals surface area contributed by atoms with Crippen molar-refractivity contribution < 1.29 is 14.2 Å². The van der Waals surface area contributed by atoms with E-state index in [0.717, 1.165) is 26.2 Å². The van der Waals surface area contributed by atoms with E-state index in [1.807, 2.05) is 6.07 Å². The Kier molecular flexibility index (Phi) is 4.87. The standard InChI is InChI=1S/C14H22N2O3/c1-3-16-6-7-18-12(9-16)10-19-14-8-11(15)4-5-13(14)17-2/h4-5,8,12H,3,6-7,9-10,15H2,1-2H3. The Balaban J connectivity index is 1.92. The first-order chi connectivity index (χ1) is 9.22. The van der Waals surface area contributed by atoms with Gasteiger partial charge in [-0.25, -0.2) is 0 Å². The average Bonchev–Trinajstić information content (AvgIpc) is 2.45. The molecule has 1 unspecified atom stereocenters. The quantitative estimate of drug-likeness (QED) is 0.816. The molecule has 1 atom stereocenters. The van der Waals surface area contributed by atoms with Crippen LogP contribution in [0.1, 0.15) is 6.92 Å². The summed E-state index contributed by atoms with van der Waals surface area (Å²) in [6.07, 6.45) is 0.0971. The lowest BCUT2D eigenvalue weighted by Gasteiger charge is -2.31. The summed E-state index contributed by atoms with van der Waals surface area (Å²) in [5.74, 6) is 1.36. The van der Waals surface area contributed by atoms with Crippen LogP contribution in [0.5, 0.6) is 11.5 Å². The molecule has 5 nitrogen and oxygen atoms in total. The summed E-state index contributed by atoms with van der Waals surface area (Å²) in [5, 5.41) is 0. The number of methoxy groups -OCH3 is 1. The molecule has 0 aromatic heterocycles. The fourth-order valence-corrected chi connectivity index (χ4v) is 2.16. The molecule has 0 aliphatic carbocycles. The molecule has 0 amide bonds. The van der Waals surface area contributed by atoms with Gasteiger partial charge in [0.05, 0.1) is 13.7 Å². The van der Waals surface area contributed by atoms with Crippen molar-refractivity contribution in [1.29, 1.82) is 0 Å². The first kappa shape index (κ1) is 14.0. The van der Waals surface area contributed by atoms with Crippen molar-refractivity contribution >= 4 is 5.69 Å². The molecule has 19 heavy (non-hydrogen) atoms. The number of benzene rings is 1. The minimum absolute atomic E-state index is 0.0971. The molecule has 1 aromatic carbocycles. The van der Waals surface area contributed by atoms with Crippen LogP contribution in [0.4, 0.5) is 5.69 Å². The number of rotatable bonds is 5. The molecule has 1 aliphatic rings. The van der Waals surface area contributed by atoms with Gasteiger partial charge in [0.2, 0.25) is 0 Å². The number of hydrogen-bond donors (Lipinski definition) is 1. The summed E-state index contributed by atoms with van der Waals surface area (Å²) in [5.41, 5.74) is 6.42. The lowest BCUT2D eigenvalue weighted by molar-refractivity contribution is -0.0466. The summed E-state index contributed by atoms with van der Waals surface area (Å²) in [6, 6.07) is 5.38. The van der Waals surface area contributed by atoms with Crippen LogP contribution in [0.15, 0.2) is 18.2 Å². The third-order valence-corrected chi connectivity index (χ3v) is 3.28. The number of nitrogens with two attached hydrogens (primary N) is 1. The number of anilines is 1. The van der Waals surface area contributed by atoms with Crippen molar-refractivity contribution in [3.05, 3.63) is 18.2 Å². The molecular formula is C14H22N2O3. The zero-order valence-corrected chi connectivity index (χ0v) is 11.6. The van der Waals surface area contributed by atoms with E-state index in [9.17, 15) is 0 Å². The molecule has 2 N–H and O–H groups in total. The van der Waals surface area contributed by atoms with Gasteiger partial charge in [-0.05, 0) is 18.7 Å². The van der Waals surface area contributed by atoms with E-state index in [1.54, 1.807) is 19.2 Å². The molecular weight excluding hydrogens is 244 g/mol. The summed E-state index contributed by atoms with van der Waals surface area (Å²) < 4.78 is 16.7. The van der Waals surface area contributed by atoms with Gasteiger partial charge in [0.1, 0.15) is 12.7 Å². The maximum absolute atomic E-state index is 5.78. The van der Waals surface area contributed by atoms with Crippen molar-refractivity contribution in [2.45, 2.75) is 13.0 Å². The third-order valence-electron chi connectivity index (χ3n) is 3.28. The molecule has 1 saturated heterocycles. The molecule has 1 fully saturated rings. The smallest absolute Gasteiger partial charge is 0.163 e. The fourth-order valence-electron chi connectivity index (χ4n) is 2.16. The molecule has 0 bridgehead atoms. The van der Waals surface area contributed by atoms with E-state index >= 15 is 0 Å². The van der Waals surface area contributed by atoms with Crippen LogP contribution in [0.2, 0.25) is 0 Å². The van der Waals surface area contributed by atoms with Crippen LogP contribution in [-0.4, -0.2) is 51.0 Å². The molecule has 0 radical (unpaired) electrons. The number of likely N-dealkylation sites (N-methyl/N-ethyl adjacent to an activating group) is 1. The van der Waals surface area contributed by atoms with Crippen molar-refractivity contribution in [3.63, 3.8) is 0 Å². The van der Waals surface area contributed by atoms with Crippen LogP contribution < -0.4 is 15.2 Å². The number of nitrogen functional groups attached to an aromatic ring is 1. The summed E-state index contributed by atoms with van der Waals surface area (Å²) in [4.78, 5) is 2.36. The number of ether oxygens (including phenoxy) is 3. The van der Waals surface area contributed by atoms with Gasteiger partial charge in [-0.1, -0.05) is 6.92 Å². The Morgan fingerprint density at radius 1 is 1.42 bits per heavy atom. The summed E-state index contributed by atoms with van der Waals surface area (Å²) >= 11 is 0. The largest absolute Gasteiger partial charge is 0.493 e. The normalized spacial score (nSPS) is 20.2. The molecule has 106 valence electrons. The molecule has 1 aromatic rings. The molecule has 1 aliphatic heterocycles. The molecule has 1 heterocycles. The SMILES string of the molecule is CCN1CCOC(COc2cc(N)ccc2OC)C1. The van der Waals surface area contributed by atoms with Crippen LogP contribution >= 0.6 is 0 Å². The Labute approximate surface area is 114 Å². The Bertz CT molecular complexity index is 412. The first-order valence-electron chi connectivity index (χ1n) is 6.63.